The molecule has 0 aliphatic carbocycles. The molecule has 0 N–H and O–H groups in total. The fourth-order valence-corrected chi connectivity index (χ4v) is 1.95. The van der Waals surface area contributed by atoms with Gasteiger partial charge >= 0.3 is 0 Å². The van der Waals surface area contributed by atoms with Crippen molar-refractivity contribution in [3.05, 3.63) is 52.6 Å². The standard InChI is InChI=1S/C15H18N4O3/c1-3-9-22-10-14(18-8-7-16-11-18)17-15-12(2)5-4-6-13(15)19(20)21/h4-8,11H,3,9-10H2,1-2H3. The number of rotatable bonds is 6. The third kappa shape index (κ3) is 3.76. The fourth-order valence-electron chi connectivity index (χ4n) is 1.95. The average Bonchev–Trinajstić information content (AvgIpc) is 3.02. The Bertz CT molecular complexity index is 665. The Morgan fingerprint density at radius 1 is 1.50 bits per heavy atom. The van der Waals surface area contributed by atoms with Crippen LogP contribution < -0.4 is 0 Å². The van der Waals surface area contributed by atoms with Gasteiger partial charge in [-0.15, -0.1) is 0 Å². The summed E-state index contributed by atoms with van der Waals surface area (Å²) in [5.41, 5.74) is 1.06. The van der Waals surface area contributed by atoms with Crippen LogP contribution in [0.3, 0.4) is 0 Å². The first-order valence-electron chi connectivity index (χ1n) is 7.01. The number of benzene rings is 1. The highest BCUT2D eigenvalue weighted by Gasteiger charge is 2.16. The van der Waals surface area contributed by atoms with E-state index in [0.29, 0.717) is 18.1 Å². The molecule has 116 valence electrons. The monoisotopic (exact) mass is 302 g/mol. The van der Waals surface area contributed by atoms with Crippen molar-refractivity contribution in [3.8, 4) is 0 Å². The smallest absolute Gasteiger partial charge is 0.295 e. The molecule has 0 bridgehead atoms. The molecule has 0 radical (unpaired) electrons. The van der Waals surface area contributed by atoms with E-state index in [1.807, 2.05) is 6.92 Å². The van der Waals surface area contributed by atoms with Crippen molar-refractivity contribution in [2.45, 2.75) is 20.3 Å². The van der Waals surface area contributed by atoms with E-state index in [1.165, 1.54) is 6.07 Å². The van der Waals surface area contributed by atoms with E-state index < -0.39 is 4.92 Å². The van der Waals surface area contributed by atoms with Crippen LogP contribution in [0.4, 0.5) is 11.4 Å². The lowest BCUT2D eigenvalue weighted by molar-refractivity contribution is -0.384. The number of nitro groups is 1. The molecule has 1 aromatic heterocycles. The maximum Gasteiger partial charge on any atom is 0.295 e. The lowest BCUT2D eigenvalue weighted by Gasteiger charge is -2.09. The number of nitrogens with zero attached hydrogens (tertiary/aromatic N) is 4. The van der Waals surface area contributed by atoms with Gasteiger partial charge in [0.05, 0.1) is 4.92 Å². The van der Waals surface area contributed by atoms with E-state index in [2.05, 4.69) is 9.98 Å². The van der Waals surface area contributed by atoms with Gasteiger partial charge in [-0.2, -0.15) is 0 Å². The van der Waals surface area contributed by atoms with E-state index in [9.17, 15) is 10.1 Å². The van der Waals surface area contributed by atoms with Crippen molar-refractivity contribution in [2.75, 3.05) is 13.2 Å². The zero-order valence-corrected chi connectivity index (χ0v) is 12.6. The van der Waals surface area contributed by atoms with E-state index in [-0.39, 0.29) is 12.3 Å². The summed E-state index contributed by atoms with van der Waals surface area (Å²) in [7, 11) is 0. The predicted octanol–water partition coefficient (Wildman–Crippen LogP) is 3.10. The Morgan fingerprint density at radius 3 is 2.95 bits per heavy atom. The third-order valence-electron chi connectivity index (χ3n) is 3.04. The summed E-state index contributed by atoms with van der Waals surface area (Å²) < 4.78 is 7.23. The van der Waals surface area contributed by atoms with E-state index in [0.717, 1.165) is 12.0 Å². The lowest BCUT2D eigenvalue weighted by Crippen LogP contribution is -2.17. The molecule has 0 saturated heterocycles. The summed E-state index contributed by atoms with van der Waals surface area (Å²) in [5, 5.41) is 11.2. The van der Waals surface area contributed by atoms with E-state index >= 15 is 0 Å². The Morgan fingerprint density at radius 2 is 2.32 bits per heavy atom. The van der Waals surface area contributed by atoms with Crippen LogP contribution >= 0.6 is 0 Å². The lowest BCUT2D eigenvalue weighted by atomic mass is 10.2. The fraction of sp³-hybridized carbons (Fsp3) is 0.333. The molecule has 2 rings (SSSR count). The normalized spacial score (nSPS) is 11.6. The van der Waals surface area contributed by atoms with Crippen LogP contribution in [0.2, 0.25) is 0 Å². The number of imidazole rings is 1. The van der Waals surface area contributed by atoms with Crippen LogP contribution in [0, 0.1) is 17.0 Å². The van der Waals surface area contributed by atoms with Crippen molar-refractivity contribution in [2.24, 2.45) is 4.99 Å². The molecule has 2 aromatic rings. The summed E-state index contributed by atoms with van der Waals surface area (Å²) in [6.07, 6.45) is 5.85. The van der Waals surface area contributed by atoms with Crippen molar-refractivity contribution < 1.29 is 9.66 Å². The topological polar surface area (TPSA) is 82.5 Å². The van der Waals surface area contributed by atoms with Crippen LogP contribution in [0.15, 0.2) is 41.9 Å². The maximum absolute atomic E-state index is 11.2. The largest absolute Gasteiger partial charge is 0.374 e. The highest BCUT2D eigenvalue weighted by molar-refractivity contribution is 5.89. The van der Waals surface area contributed by atoms with Crippen molar-refractivity contribution in [1.29, 1.82) is 0 Å². The molecular formula is C15H18N4O3. The molecule has 1 heterocycles. The summed E-state index contributed by atoms with van der Waals surface area (Å²) in [4.78, 5) is 19.2. The van der Waals surface area contributed by atoms with Gasteiger partial charge in [0, 0.05) is 25.1 Å². The first-order chi connectivity index (χ1) is 10.6. The van der Waals surface area contributed by atoms with Gasteiger partial charge in [-0.25, -0.2) is 9.98 Å². The van der Waals surface area contributed by atoms with Crippen LogP contribution in [0.25, 0.3) is 0 Å². The van der Waals surface area contributed by atoms with Gasteiger partial charge in [0.2, 0.25) is 0 Å². The molecule has 0 fully saturated rings. The highest BCUT2D eigenvalue weighted by atomic mass is 16.6. The van der Waals surface area contributed by atoms with Crippen LogP contribution in [0.5, 0.6) is 0 Å². The molecule has 0 aliphatic heterocycles. The molecule has 0 unspecified atom stereocenters. The third-order valence-corrected chi connectivity index (χ3v) is 3.04. The number of aromatic nitrogens is 2. The molecular weight excluding hydrogens is 284 g/mol. The Hall–Kier alpha value is -2.54. The average molecular weight is 302 g/mol. The molecule has 0 amide bonds. The van der Waals surface area contributed by atoms with Gasteiger partial charge in [-0.3, -0.25) is 14.7 Å². The highest BCUT2D eigenvalue weighted by Crippen LogP contribution is 2.30. The summed E-state index contributed by atoms with van der Waals surface area (Å²) in [6, 6.07) is 4.89. The van der Waals surface area contributed by atoms with Crippen molar-refractivity contribution >= 4 is 17.2 Å². The molecule has 0 spiro atoms. The predicted molar refractivity (Wildman–Crippen MR) is 83.7 cm³/mol. The van der Waals surface area contributed by atoms with Gasteiger partial charge in [-0.05, 0) is 18.9 Å². The minimum Gasteiger partial charge on any atom is -0.374 e. The quantitative estimate of drug-likeness (QED) is 0.270. The van der Waals surface area contributed by atoms with Gasteiger partial charge in [0.15, 0.2) is 0 Å². The van der Waals surface area contributed by atoms with Crippen LogP contribution in [-0.2, 0) is 4.74 Å². The van der Waals surface area contributed by atoms with Gasteiger partial charge in [0.1, 0.15) is 24.5 Å². The van der Waals surface area contributed by atoms with Gasteiger partial charge in [-0.1, -0.05) is 19.1 Å². The van der Waals surface area contributed by atoms with E-state index in [1.54, 1.807) is 42.3 Å². The molecule has 0 atom stereocenters. The first kappa shape index (κ1) is 15.8. The molecule has 0 aliphatic rings. The number of nitro benzene ring substituents is 1. The number of ether oxygens (including phenoxy) is 1. The second kappa shape index (κ2) is 7.46. The molecule has 1 aromatic carbocycles. The molecule has 7 heteroatoms. The van der Waals surface area contributed by atoms with E-state index in [4.69, 9.17) is 4.74 Å². The SMILES string of the molecule is CCCOCC(=Nc1c(C)cccc1[N+](=O)[O-])n1ccnc1. The van der Waals surface area contributed by atoms with Crippen molar-refractivity contribution in [3.63, 3.8) is 0 Å². The van der Waals surface area contributed by atoms with Crippen molar-refractivity contribution in [1.82, 2.24) is 9.55 Å². The Labute approximate surface area is 128 Å². The molecule has 22 heavy (non-hydrogen) atoms. The van der Waals surface area contributed by atoms with Crippen LogP contribution in [0.1, 0.15) is 18.9 Å². The van der Waals surface area contributed by atoms with Crippen LogP contribution in [-0.4, -0.2) is 33.5 Å². The number of hydrogen-bond donors (Lipinski definition) is 0. The summed E-state index contributed by atoms with van der Waals surface area (Å²) in [5.74, 6) is 0.559. The number of aliphatic imine (C=N–C) groups is 1. The number of hydrogen-bond acceptors (Lipinski definition) is 5. The zero-order valence-electron chi connectivity index (χ0n) is 12.6. The van der Waals surface area contributed by atoms with Gasteiger partial charge in [0.25, 0.3) is 5.69 Å². The summed E-state index contributed by atoms with van der Waals surface area (Å²) in [6.45, 7) is 4.67. The number of aryl methyl sites for hydroxylation is 1. The Balaban J connectivity index is 2.43. The first-order valence-corrected chi connectivity index (χ1v) is 7.01. The second-order valence-corrected chi connectivity index (χ2v) is 4.75. The molecule has 7 nitrogen and oxygen atoms in total. The van der Waals surface area contributed by atoms with Gasteiger partial charge < -0.3 is 4.74 Å². The zero-order chi connectivity index (χ0) is 15.9. The Kier molecular flexibility index (Phi) is 5.37. The minimum absolute atomic E-state index is 0.0203. The number of para-hydroxylation sites is 1. The second-order valence-electron chi connectivity index (χ2n) is 4.75. The molecule has 0 saturated carbocycles. The summed E-state index contributed by atoms with van der Waals surface area (Å²) >= 11 is 0. The maximum atomic E-state index is 11.2. The minimum atomic E-state index is -0.426.